The highest BCUT2D eigenvalue weighted by molar-refractivity contribution is 5.85. The van der Waals surface area contributed by atoms with Gasteiger partial charge in [-0.3, -0.25) is 4.90 Å². The Balaban J connectivity index is 0.00000156. The summed E-state index contributed by atoms with van der Waals surface area (Å²) in [5, 5.41) is 3.48. The lowest BCUT2D eigenvalue weighted by Crippen LogP contribution is -2.39. The van der Waals surface area contributed by atoms with Gasteiger partial charge in [0.1, 0.15) is 12.1 Å². The van der Waals surface area contributed by atoms with Crippen molar-refractivity contribution in [3.8, 4) is 11.5 Å². The molecule has 2 unspecified atom stereocenters. The van der Waals surface area contributed by atoms with Crippen LogP contribution in [0.15, 0.2) is 34.9 Å². The number of rotatable bonds is 3. The minimum atomic E-state index is -0.270. The second-order valence-electron chi connectivity index (χ2n) is 6.36. The molecule has 23 heavy (non-hydrogen) atoms. The molecule has 3 heterocycles. The lowest BCUT2D eigenvalue weighted by atomic mass is 9.89. The molecule has 2 atom stereocenters. The van der Waals surface area contributed by atoms with Crippen molar-refractivity contribution >= 4 is 12.4 Å². The first kappa shape index (κ1) is 16.4. The normalized spacial score (nSPS) is 24.2. The molecule has 0 saturated carbocycles. The largest absolute Gasteiger partial charge is 0.444 e. The van der Waals surface area contributed by atoms with E-state index in [1.165, 1.54) is 25.1 Å². The fraction of sp³-hybridized carbons (Fsp3) is 0.471. The summed E-state index contributed by atoms with van der Waals surface area (Å²) in [6, 6.07) is 6.36. The average molecular weight is 338 g/mol. The van der Waals surface area contributed by atoms with Gasteiger partial charge in [-0.1, -0.05) is 6.07 Å². The summed E-state index contributed by atoms with van der Waals surface area (Å²) in [4.78, 5) is 6.96. The van der Waals surface area contributed by atoms with Gasteiger partial charge >= 0.3 is 0 Å². The SMILES string of the molecule is Cl.Fc1cccc(-c2nc(CN3CCC4CNCC4C3)co2)c1. The van der Waals surface area contributed by atoms with Crippen molar-refractivity contribution in [1.29, 1.82) is 0 Å². The van der Waals surface area contributed by atoms with Crippen molar-refractivity contribution in [2.24, 2.45) is 11.8 Å². The molecule has 1 aromatic heterocycles. The van der Waals surface area contributed by atoms with Crippen LogP contribution in [0.5, 0.6) is 0 Å². The number of oxazole rings is 1. The number of piperidine rings is 1. The van der Waals surface area contributed by atoms with E-state index in [-0.39, 0.29) is 18.2 Å². The lowest BCUT2D eigenvalue weighted by Gasteiger charge is -2.33. The van der Waals surface area contributed by atoms with E-state index in [4.69, 9.17) is 4.42 Å². The van der Waals surface area contributed by atoms with Crippen molar-refractivity contribution in [2.75, 3.05) is 26.2 Å². The minimum absolute atomic E-state index is 0. The Morgan fingerprint density at radius 1 is 1.30 bits per heavy atom. The maximum atomic E-state index is 13.3. The summed E-state index contributed by atoms with van der Waals surface area (Å²) in [7, 11) is 0. The van der Waals surface area contributed by atoms with Gasteiger partial charge in [0, 0.05) is 18.7 Å². The summed E-state index contributed by atoms with van der Waals surface area (Å²) in [5.41, 5.74) is 1.61. The van der Waals surface area contributed by atoms with Gasteiger partial charge in [-0.25, -0.2) is 9.37 Å². The van der Waals surface area contributed by atoms with Gasteiger partial charge in [-0.2, -0.15) is 0 Å². The Morgan fingerprint density at radius 3 is 3.04 bits per heavy atom. The third-order valence-electron chi connectivity index (χ3n) is 4.80. The third-order valence-corrected chi connectivity index (χ3v) is 4.80. The molecule has 2 aromatic rings. The van der Waals surface area contributed by atoms with E-state index in [1.807, 2.05) is 6.07 Å². The molecule has 0 bridgehead atoms. The summed E-state index contributed by atoms with van der Waals surface area (Å²) in [6.07, 6.45) is 2.95. The fourth-order valence-electron chi connectivity index (χ4n) is 3.62. The Morgan fingerprint density at radius 2 is 2.17 bits per heavy atom. The molecule has 2 aliphatic heterocycles. The number of halogens is 2. The molecule has 2 fully saturated rings. The van der Waals surface area contributed by atoms with Crippen LogP contribution in [0.1, 0.15) is 12.1 Å². The number of nitrogens with one attached hydrogen (secondary N) is 1. The second kappa shape index (κ2) is 6.99. The molecule has 1 N–H and O–H groups in total. The van der Waals surface area contributed by atoms with Crippen LogP contribution in [0.3, 0.4) is 0 Å². The number of hydrogen-bond donors (Lipinski definition) is 1. The van der Waals surface area contributed by atoms with E-state index in [9.17, 15) is 4.39 Å². The number of hydrogen-bond acceptors (Lipinski definition) is 4. The zero-order valence-corrected chi connectivity index (χ0v) is 13.7. The van der Waals surface area contributed by atoms with Crippen molar-refractivity contribution in [2.45, 2.75) is 13.0 Å². The summed E-state index contributed by atoms with van der Waals surface area (Å²) in [5.74, 6) is 1.83. The Kier molecular flexibility index (Phi) is 4.99. The van der Waals surface area contributed by atoms with E-state index in [0.29, 0.717) is 11.5 Å². The Hall–Kier alpha value is -1.43. The molecule has 2 aliphatic rings. The van der Waals surface area contributed by atoms with E-state index in [1.54, 1.807) is 12.3 Å². The molecule has 0 aliphatic carbocycles. The molecular formula is C17H21ClFN3O. The van der Waals surface area contributed by atoms with Gasteiger partial charge in [0.2, 0.25) is 5.89 Å². The van der Waals surface area contributed by atoms with Crippen molar-refractivity contribution < 1.29 is 8.81 Å². The predicted octanol–water partition coefficient (Wildman–Crippen LogP) is 2.94. The van der Waals surface area contributed by atoms with Crippen LogP contribution in [0, 0.1) is 17.7 Å². The first-order chi connectivity index (χ1) is 10.8. The van der Waals surface area contributed by atoms with Crippen LogP contribution in [0.25, 0.3) is 11.5 Å². The smallest absolute Gasteiger partial charge is 0.226 e. The first-order valence-corrected chi connectivity index (χ1v) is 7.91. The molecule has 2 saturated heterocycles. The molecule has 1 aromatic carbocycles. The molecule has 0 spiro atoms. The lowest BCUT2D eigenvalue weighted by molar-refractivity contribution is 0.141. The van der Waals surface area contributed by atoms with Gasteiger partial charge in [0.05, 0.1) is 5.69 Å². The highest BCUT2D eigenvalue weighted by atomic mass is 35.5. The van der Waals surface area contributed by atoms with E-state index in [2.05, 4.69) is 15.2 Å². The first-order valence-electron chi connectivity index (χ1n) is 7.91. The monoisotopic (exact) mass is 337 g/mol. The van der Waals surface area contributed by atoms with Crippen LogP contribution in [0.2, 0.25) is 0 Å². The summed E-state index contributed by atoms with van der Waals surface area (Å²) >= 11 is 0. The highest BCUT2D eigenvalue weighted by Gasteiger charge is 2.32. The Labute approximate surface area is 141 Å². The second-order valence-corrected chi connectivity index (χ2v) is 6.36. The topological polar surface area (TPSA) is 41.3 Å². The molecule has 4 rings (SSSR count). The molecular weight excluding hydrogens is 317 g/mol. The minimum Gasteiger partial charge on any atom is -0.444 e. The maximum absolute atomic E-state index is 13.3. The van der Waals surface area contributed by atoms with Crippen molar-refractivity contribution in [1.82, 2.24) is 15.2 Å². The zero-order valence-electron chi connectivity index (χ0n) is 12.9. The molecule has 124 valence electrons. The van der Waals surface area contributed by atoms with Gasteiger partial charge in [0.15, 0.2) is 0 Å². The van der Waals surface area contributed by atoms with Crippen LogP contribution in [-0.2, 0) is 6.54 Å². The van der Waals surface area contributed by atoms with Crippen LogP contribution in [-0.4, -0.2) is 36.1 Å². The number of nitrogens with zero attached hydrogens (tertiary/aromatic N) is 2. The van der Waals surface area contributed by atoms with E-state index >= 15 is 0 Å². The predicted molar refractivity (Wildman–Crippen MR) is 88.9 cm³/mol. The van der Waals surface area contributed by atoms with Crippen molar-refractivity contribution in [3.63, 3.8) is 0 Å². The van der Waals surface area contributed by atoms with Gasteiger partial charge in [-0.05, 0) is 56.1 Å². The van der Waals surface area contributed by atoms with Crippen LogP contribution < -0.4 is 5.32 Å². The molecule has 0 radical (unpaired) electrons. The molecule has 4 nitrogen and oxygen atoms in total. The van der Waals surface area contributed by atoms with E-state index in [0.717, 1.165) is 43.7 Å². The third kappa shape index (κ3) is 3.57. The summed E-state index contributed by atoms with van der Waals surface area (Å²) < 4.78 is 18.8. The average Bonchev–Trinajstić information content (AvgIpc) is 3.16. The standard InChI is InChI=1S/C17H20FN3O.ClH/c18-15-3-1-2-12(6-15)17-20-16(11-22-17)10-21-5-4-13-7-19-8-14(13)9-21;/h1-3,6,11,13-14,19H,4-5,7-10H2;1H. The highest BCUT2D eigenvalue weighted by Crippen LogP contribution is 2.27. The van der Waals surface area contributed by atoms with Gasteiger partial charge in [0.25, 0.3) is 0 Å². The maximum Gasteiger partial charge on any atom is 0.226 e. The zero-order chi connectivity index (χ0) is 14.9. The molecule has 0 amide bonds. The van der Waals surface area contributed by atoms with Crippen molar-refractivity contribution in [3.05, 3.63) is 42.0 Å². The number of likely N-dealkylation sites (tertiary alicyclic amines) is 1. The van der Waals surface area contributed by atoms with E-state index < -0.39 is 0 Å². The van der Waals surface area contributed by atoms with Crippen LogP contribution in [0.4, 0.5) is 4.39 Å². The van der Waals surface area contributed by atoms with Gasteiger partial charge in [-0.15, -0.1) is 12.4 Å². The Bertz CT molecular complexity index is 663. The quantitative estimate of drug-likeness (QED) is 0.935. The fourth-order valence-corrected chi connectivity index (χ4v) is 3.62. The summed E-state index contributed by atoms with van der Waals surface area (Å²) in [6.45, 7) is 5.35. The van der Waals surface area contributed by atoms with Crippen LogP contribution >= 0.6 is 12.4 Å². The number of fused-ring (bicyclic) bond motifs is 1. The number of benzene rings is 1. The molecule has 6 heteroatoms. The number of aromatic nitrogens is 1. The van der Waals surface area contributed by atoms with Gasteiger partial charge < -0.3 is 9.73 Å².